The number of nitrogens with one attached hydrogen (secondary N) is 1. The van der Waals surface area contributed by atoms with Gasteiger partial charge in [-0.05, 0) is 31.7 Å². The van der Waals surface area contributed by atoms with Crippen LogP contribution in [0.1, 0.15) is 36.9 Å². The standard InChI is InChI=1S/C14H14F3N3O/c15-14(16,17)12-5-11(7-19-13(12)6-18)21-10-3-8-1-2-9(4-10)20-8/h5,7-10,20H,1-4H2. The highest BCUT2D eigenvalue weighted by Gasteiger charge is 2.37. The molecule has 2 saturated heterocycles. The number of piperidine rings is 1. The van der Waals surface area contributed by atoms with Crippen molar-refractivity contribution in [2.75, 3.05) is 0 Å². The molecule has 0 radical (unpaired) electrons. The van der Waals surface area contributed by atoms with Gasteiger partial charge >= 0.3 is 6.18 Å². The summed E-state index contributed by atoms with van der Waals surface area (Å²) in [5.74, 6) is 0.0765. The van der Waals surface area contributed by atoms with Crippen LogP contribution in [0, 0.1) is 11.3 Å². The molecule has 4 nitrogen and oxygen atoms in total. The van der Waals surface area contributed by atoms with E-state index in [0.29, 0.717) is 12.1 Å². The first kappa shape index (κ1) is 14.1. The molecule has 2 aliphatic rings. The van der Waals surface area contributed by atoms with Gasteiger partial charge in [-0.2, -0.15) is 18.4 Å². The number of pyridine rings is 1. The first-order valence-electron chi connectivity index (χ1n) is 6.86. The van der Waals surface area contributed by atoms with Crippen LogP contribution in [0.2, 0.25) is 0 Å². The summed E-state index contributed by atoms with van der Waals surface area (Å²) in [6, 6.07) is 3.11. The summed E-state index contributed by atoms with van der Waals surface area (Å²) in [6.45, 7) is 0. The van der Waals surface area contributed by atoms with Gasteiger partial charge in [0.1, 0.15) is 17.9 Å². The van der Waals surface area contributed by atoms with Crippen LogP contribution in [0.3, 0.4) is 0 Å². The minimum absolute atomic E-state index is 0.0765. The van der Waals surface area contributed by atoms with Gasteiger partial charge in [-0.1, -0.05) is 0 Å². The van der Waals surface area contributed by atoms with Gasteiger partial charge in [0.15, 0.2) is 5.69 Å². The fourth-order valence-corrected chi connectivity index (χ4v) is 3.11. The summed E-state index contributed by atoms with van der Waals surface area (Å²) >= 11 is 0. The Bertz CT molecular complexity index is 570. The summed E-state index contributed by atoms with van der Waals surface area (Å²) < 4.78 is 44.3. The highest BCUT2D eigenvalue weighted by atomic mass is 19.4. The number of nitriles is 1. The topological polar surface area (TPSA) is 57.9 Å². The summed E-state index contributed by atoms with van der Waals surface area (Å²) in [4.78, 5) is 3.56. The molecule has 0 spiro atoms. The minimum Gasteiger partial charge on any atom is -0.489 e. The van der Waals surface area contributed by atoms with E-state index in [2.05, 4.69) is 10.3 Å². The molecule has 3 heterocycles. The van der Waals surface area contributed by atoms with Crippen LogP contribution in [-0.2, 0) is 6.18 Å². The highest BCUT2D eigenvalue weighted by Crippen LogP contribution is 2.34. The van der Waals surface area contributed by atoms with Crippen molar-refractivity contribution in [1.82, 2.24) is 10.3 Å². The fraction of sp³-hybridized carbons (Fsp3) is 0.571. The lowest BCUT2D eigenvalue weighted by Crippen LogP contribution is -2.42. The molecule has 3 rings (SSSR count). The Morgan fingerprint density at radius 3 is 2.52 bits per heavy atom. The normalized spacial score (nSPS) is 28.2. The Morgan fingerprint density at radius 1 is 1.29 bits per heavy atom. The summed E-state index contributed by atoms with van der Waals surface area (Å²) in [5, 5.41) is 12.2. The number of hydrogen-bond donors (Lipinski definition) is 1. The monoisotopic (exact) mass is 297 g/mol. The van der Waals surface area contributed by atoms with E-state index in [1.54, 1.807) is 0 Å². The van der Waals surface area contributed by atoms with Gasteiger partial charge in [-0.15, -0.1) is 0 Å². The lowest BCUT2D eigenvalue weighted by atomic mass is 10.0. The average molecular weight is 297 g/mol. The quantitative estimate of drug-likeness (QED) is 0.911. The van der Waals surface area contributed by atoms with Crippen molar-refractivity contribution in [2.45, 2.75) is 50.0 Å². The second-order valence-electron chi connectivity index (χ2n) is 5.53. The Morgan fingerprint density at radius 2 is 1.95 bits per heavy atom. The molecule has 1 aromatic rings. The Hall–Kier alpha value is -1.81. The predicted molar refractivity (Wildman–Crippen MR) is 67.5 cm³/mol. The maximum atomic E-state index is 12.9. The van der Waals surface area contributed by atoms with Crippen LogP contribution >= 0.6 is 0 Å². The third-order valence-corrected chi connectivity index (χ3v) is 4.01. The zero-order chi connectivity index (χ0) is 15.0. The van der Waals surface area contributed by atoms with Gasteiger partial charge in [-0.3, -0.25) is 0 Å². The van der Waals surface area contributed by atoms with Gasteiger partial charge in [0.05, 0.1) is 11.8 Å². The van der Waals surface area contributed by atoms with Gasteiger partial charge in [0.25, 0.3) is 0 Å². The summed E-state index contributed by atoms with van der Waals surface area (Å²) in [5.41, 5.74) is -1.67. The SMILES string of the molecule is N#Cc1ncc(OC2CC3CCC(C2)N3)cc1C(F)(F)F. The van der Waals surface area contributed by atoms with Gasteiger partial charge in [0, 0.05) is 12.1 Å². The first-order chi connectivity index (χ1) is 9.95. The van der Waals surface area contributed by atoms with Crippen LogP contribution in [0.25, 0.3) is 0 Å². The number of ether oxygens (including phenoxy) is 1. The van der Waals surface area contributed by atoms with Crippen molar-refractivity contribution >= 4 is 0 Å². The van der Waals surface area contributed by atoms with Crippen LogP contribution in [0.15, 0.2) is 12.3 Å². The van der Waals surface area contributed by atoms with Crippen LogP contribution in [0.5, 0.6) is 5.75 Å². The van der Waals surface area contributed by atoms with E-state index in [9.17, 15) is 13.2 Å². The Balaban J connectivity index is 1.79. The molecule has 112 valence electrons. The van der Waals surface area contributed by atoms with Crippen molar-refractivity contribution in [2.24, 2.45) is 0 Å². The lowest BCUT2D eigenvalue weighted by molar-refractivity contribution is -0.138. The average Bonchev–Trinajstić information content (AvgIpc) is 2.77. The molecule has 2 bridgehead atoms. The molecular formula is C14H14F3N3O. The molecule has 7 heteroatoms. The second kappa shape index (κ2) is 5.19. The van der Waals surface area contributed by atoms with Gasteiger partial charge < -0.3 is 10.1 Å². The van der Waals surface area contributed by atoms with Crippen molar-refractivity contribution in [3.63, 3.8) is 0 Å². The molecule has 2 atom stereocenters. The van der Waals surface area contributed by atoms with Crippen molar-refractivity contribution in [3.8, 4) is 11.8 Å². The third kappa shape index (κ3) is 2.95. The molecule has 2 fully saturated rings. The molecule has 2 aliphatic heterocycles. The Labute approximate surface area is 119 Å². The molecule has 0 amide bonds. The van der Waals surface area contributed by atoms with Gasteiger partial charge in [-0.25, -0.2) is 4.98 Å². The smallest absolute Gasteiger partial charge is 0.419 e. The number of aromatic nitrogens is 1. The van der Waals surface area contributed by atoms with Crippen LogP contribution in [0.4, 0.5) is 13.2 Å². The Kier molecular flexibility index (Phi) is 3.49. The maximum absolute atomic E-state index is 12.9. The fourth-order valence-electron chi connectivity index (χ4n) is 3.11. The van der Waals surface area contributed by atoms with E-state index in [1.165, 1.54) is 12.3 Å². The minimum atomic E-state index is -4.61. The van der Waals surface area contributed by atoms with Crippen LogP contribution in [-0.4, -0.2) is 23.2 Å². The number of nitrogens with zero attached hydrogens (tertiary/aromatic N) is 2. The second-order valence-corrected chi connectivity index (χ2v) is 5.53. The first-order valence-corrected chi connectivity index (χ1v) is 6.86. The van der Waals surface area contributed by atoms with Crippen molar-refractivity contribution < 1.29 is 17.9 Å². The molecule has 1 aromatic heterocycles. The van der Waals surface area contributed by atoms with E-state index < -0.39 is 17.4 Å². The van der Waals surface area contributed by atoms with E-state index in [1.807, 2.05) is 0 Å². The van der Waals surface area contributed by atoms with E-state index >= 15 is 0 Å². The van der Waals surface area contributed by atoms with Crippen molar-refractivity contribution in [3.05, 3.63) is 23.5 Å². The molecule has 2 unspecified atom stereocenters. The number of alkyl halides is 3. The number of halogens is 3. The third-order valence-electron chi connectivity index (χ3n) is 4.01. The largest absolute Gasteiger partial charge is 0.489 e. The molecule has 21 heavy (non-hydrogen) atoms. The number of rotatable bonds is 2. The summed E-state index contributed by atoms with van der Waals surface area (Å²) in [6.07, 6.45) is 0.242. The number of fused-ring (bicyclic) bond motifs is 2. The molecule has 0 aromatic carbocycles. The van der Waals surface area contributed by atoms with Crippen LogP contribution < -0.4 is 10.1 Å². The molecule has 1 N–H and O–H groups in total. The zero-order valence-corrected chi connectivity index (χ0v) is 11.2. The van der Waals surface area contributed by atoms with Gasteiger partial charge in [0.2, 0.25) is 0 Å². The van der Waals surface area contributed by atoms with E-state index in [0.717, 1.165) is 31.7 Å². The van der Waals surface area contributed by atoms with Crippen molar-refractivity contribution in [1.29, 1.82) is 5.26 Å². The lowest BCUT2D eigenvalue weighted by Gasteiger charge is -2.29. The molecular weight excluding hydrogens is 283 g/mol. The number of hydrogen-bond acceptors (Lipinski definition) is 4. The predicted octanol–water partition coefficient (Wildman–Crippen LogP) is 2.63. The summed E-state index contributed by atoms with van der Waals surface area (Å²) in [7, 11) is 0. The molecule has 0 saturated carbocycles. The van der Waals surface area contributed by atoms with E-state index in [-0.39, 0.29) is 11.9 Å². The molecule has 0 aliphatic carbocycles. The van der Waals surface area contributed by atoms with E-state index in [4.69, 9.17) is 10.00 Å². The zero-order valence-electron chi connectivity index (χ0n) is 11.2. The highest BCUT2D eigenvalue weighted by molar-refractivity contribution is 5.38. The maximum Gasteiger partial charge on any atom is 0.419 e.